The predicted octanol–water partition coefficient (Wildman–Crippen LogP) is -1.64. The highest BCUT2D eigenvalue weighted by atomic mass is 32.1. The third-order valence-electron chi connectivity index (χ3n) is 4.14. The molecule has 0 aliphatic rings. The van der Waals surface area contributed by atoms with Crippen LogP contribution >= 0.6 is 12.6 Å². The Bertz CT molecular complexity index is 643. The second-order valence-corrected chi connectivity index (χ2v) is 8.15. The summed E-state index contributed by atoms with van der Waals surface area (Å²) in [6.45, 7) is 7.09. The van der Waals surface area contributed by atoms with Crippen LogP contribution in [-0.4, -0.2) is 64.6 Å². The van der Waals surface area contributed by atoms with Gasteiger partial charge in [0, 0.05) is 5.75 Å². The molecular weight excluding hydrogens is 414 g/mol. The first kappa shape index (κ1) is 27.7. The Kier molecular flexibility index (Phi) is 12.0. The van der Waals surface area contributed by atoms with Gasteiger partial charge in [0.2, 0.25) is 23.6 Å². The molecule has 12 heteroatoms. The van der Waals surface area contributed by atoms with Crippen LogP contribution in [0.1, 0.15) is 40.5 Å². The minimum atomic E-state index is -1.53. The van der Waals surface area contributed by atoms with Crippen molar-refractivity contribution < 1.29 is 29.1 Å². The van der Waals surface area contributed by atoms with Crippen molar-refractivity contribution in [3.63, 3.8) is 0 Å². The number of carboxylic acid groups (broad SMARTS) is 1. The van der Waals surface area contributed by atoms with Gasteiger partial charge in [-0.15, -0.1) is 0 Å². The third kappa shape index (κ3) is 9.92. The van der Waals surface area contributed by atoms with E-state index in [9.17, 15) is 24.0 Å². The van der Waals surface area contributed by atoms with E-state index < -0.39 is 66.1 Å². The maximum absolute atomic E-state index is 12.6. The predicted molar refractivity (Wildman–Crippen MR) is 113 cm³/mol. The minimum absolute atomic E-state index is 0.0438. The number of primary amides is 1. The lowest BCUT2D eigenvalue weighted by Gasteiger charge is -2.26. The van der Waals surface area contributed by atoms with Gasteiger partial charge < -0.3 is 32.5 Å². The summed E-state index contributed by atoms with van der Waals surface area (Å²) >= 11 is 4.07. The molecular formula is C18H33N5O6S. The highest BCUT2D eigenvalue weighted by molar-refractivity contribution is 7.80. The lowest BCUT2D eigenvalue weighted by Crippen LogP contribution is -2.59. The van der Waals surface area contributed by atoms with Crippen LogP contribution in [0.25, 0.3) is 0 Å². The van der Waals surface area contributed by atoms with Gasteiger partial charge in [-0.2, -0.15) is 12.6 Å². The Hall–Kier alpha value is -2.34. The Morgan fingerprint density at radius 1 is 0.900 bits per heavy atom. The Labute approximate surface area is 181 Å². The summed E-state index contributed by atoms with van der Waals surface area (Å²) in [6.07, 6.45) is -0.164. The van der Waals surface area contributed by atoms with Crippen LogP contribution in [0.15, 0.2) is 0 Å². The molecule has 0 aliphatic carbocycles. The number of nitrogens with one attached hydrogen (secondary N) is 3. The number of hydrogen-bond donors (Lipinski definition) is 7. The van der Waals surface area contributed by atoms with Gasteiger partial charge in [-0.05, 0) is 18.3 Å². The Morgan fingerprint density at radius 2 is 1.43 bits per heavy atom. The summed E-state index contributed by atoms with van der Waals surface area (Å²) in [6, 6.07) is -4.48. The lowest BCUT2D eigenvalue weighted by atomic mass is 10.0. The van der Waals surface area contributed by atoms with Gasteiger partial charge in [0.1, 0.15) is 18.1 Å². The largest absolute Gasteiger partial charge is 0.480 e. The lowest BCUT2D eigenvalue weighted by molar-refractivity contribution is -0.144. The van der Waals surface area contributed by atoms with E-state index in [1.165, 1.54) is 0 Å². The zero-order valence-electron chi connectivity index (χ0n) is 17.7. The van der Waals surface area contributed by atoms with Gasteiger partial charge in [0.25, 0.3) is 0 Å². The van der Waals surface area contributed by atoms with Crippen molar-refractivity contribution in [1.29, 1.82) is 0 Å². The monoisotopic (exact) mass is 447 g/mol. The zero-order chi connectivity index (χ0) is 23.6. The van der Waals surface area contributed by atoms with Crippen molar-refractivity contribution in [2.45, 2.75) is 64.7 Å². The van der Waals surface area contributed by atoms with E-state index in [0.29, 0.717) is 6.42 Å². The zero-order valence-corrected chi connectivity index (χ0v) is 18.6. The van der Waals surface area contributed by atoms with E-state index in [1.807, 2.05) is 13.8 Å². The molecule has 0 radical (unpaired) electrons. The molecule has 0 rings (SSSR count). The first-order valence-electron chi connectivity index (χ1n) is 9.58. The van der Waals surface area contributed by atoms with Crippen LogP contribution in [0.4, 0.5) is 0 Å². The Balaban J connectivity index is 5.19. The summed E-state index contributed by atoms with van der Waals surface area (Å²) in [5, 5.41) is 16.3. The maximum Gasteiger partial charge on any atom is 0.326 e. The number of aliphatic carboxylic acids is 1. The molecule has 0 aromatic heterocycles. The molecule has 4 unspecified atom stereocenters. The number of carbonyl (C=O) groups excluding carboxylic acids is 4. The highest BCUT2D eigenvalue weighted by Gasteiger charge is 2.32. The van der Waals surface area contributed by atoms with E-state index in [2.05, 4.69) is 28.6 Å². The fraction of sp³-hybridized carbons (Fsp3) is 0.722. The van der Waals surface area contributed by atoms with Gasteiger partial charge in [0.05, 0.1) is 12.5 Å². The van der Waals surface area contributed by atoms with E-state index in [0.717, 1.165) is 0 Å². The van der Waals surface area contributed by atoms with E-state index in [4.69, 9.17) is 16.6 Å². The fourth-order valence-corrected chi connectivity index (χ4v) is 2.80. The van der Waals surface area contributed by atoms with Gasteiger partial charge in [-0.25, -0.2) is 4.79 Å². The van der Waals surface area contributed by atoms with E-state index in [1.54, 1.807) is 13.8 Å². The average molecular weight is 448 g/mol. The van der Waals surface area contributed by atoms with Crippen LogP contribution in [0.5, 0.6) is 0 Å². The summed E-state index contributed by atoms with van der Waals surface area (Å²) in [5.74, 6) is -4.60. The minimum Gasteiger partial charge on any atom is -0.480 e. The first-order valence-corrected chi connectivity index (χ1v) is 10.2. The fourth-order valence-electron chi connectivity index (χ4n) is 2.54. The molecule has 4 atom stereocenters. The van der Waals surface area contributed by atoms with Gasteiger partial charge in [0.15, 0.2) is 0 Å². The Morgan fingerprint density at radius 3 is 1.83 bits per heavy atom. The average Bonchev–Trinajstić information content (AvgIpc) is 2.61. The molecule has 0 bridgehead atoms. The summed E-state index contributed by atoms with van der Waals surface area (Å²) < 4.78 is 0. The van der Waals surface area contributed by atoms with Gasteiger partial charge >= 0.3 is 5.97 Å². The van der Waals surface area contributed by atoms with Gasteiger partial charge in [-0.3, -0.25) is 19.2 Å². The SMILES string of the molecule is CC(C)CC(N)C(=O)NC(CS)C(=O)NC(C(=O)NC(CC(N)=O)C(=O)O)C(C)C. The topological polar surface area (TPSA) is 194 Å². The molecule has 11 nitrogen and oxygen atoms in total. The van der Waals surface area contributed by atoms with Gasteiger partial charge in [-0.1, -0.05) is 27.7 Å². The molecule has 0 aliphatic heterocycles. The number of hydrogen-bond acceptors (Lipinski definition) is 7. The highest BCUT2D eigenvalue weighted by Crippen LogP contribution is 2.06. The molecule has 0 aromatic rings. The number of thiol groups is 1. The number of carboxylic acids is 1. The standard InChI is InChI=1S/C18H33N5O6S/c1-8(2)5-10(19)15(25)22-12(7-30)16(26)23-14(9(3)4)17(27)21-11(18(28)29)6-13(20)24/h8-12,14,30H,5-7,19H2,1-4H3,(H2,20,24)(H,21,27)(H,22,25)(H,23,26)(H,28,29). The number of rotatable bonds is 13. The molecule has 0 saturated heterocycles. The molecule has 0 heterocycles. The van der Waals surface area contributed by atoms with Crippen molar-refractivity contribution in [3.05, 3.63) is 0 Å². The second-order valence-electron chi connectivity index (χ2n) is 7.78. The van der Waals surface area contributed by atoms with Crippen molar-refractivity contribution in [2.75, 3.05) is 5.75 Å². The van der Waals surface area contributed by atoms with Crippen LogP contribution in [0.2, 0.25) is 0 Å². The summed E-state index contributed by atoms with van der Waals surface area (Å²) in [7, 11) is 0. The normalized spacial score (nSPS) is 15.1. The molecule has 172 valence electrons. The van der Waals surface area contributed by atoms with Crippen LogP contribution in [-0.2, 0) is 24.0 Å². The summed E-state index contributed by atoms with van der Waals surface area (Å²) in [5.41, 5.74) is 10.8. The van der Waals surface area contributed by atoms with Crippen molar-refractivity contribution in [2.24, 2.45) is 23.3 Å². The summed E-state index contributed by atoms with van der Waals surface area (Å²) in [4.78, 5) is 59.5. The van der Waals surface area contributed by atoms with Crippen LogP contribution in [0.3, 0.4) is 0 Å². The number of carbonyl (C=O) groups is 5. The molecule has 30 heavy (non-hydrogen) atoms. The maximum atomic E-state index is 12.6. The van der Waals surface area contributed by atoms with Crippen LogP contribution in [0, 0.1) is 11.8 Å². The number of nitrogens with two attached hydrogens (primary N) is 2. The molecule has 0 saturated carbocycles. The number of amides is 4. The van der Waals surface area contributed by atoms with Crippen molar-refractivity contribution >= 4 is 42.2 Å². The second kappa shape index (κ2) is 13.1. The molecule has 0 fully saturated rings. The molecule has 4 amide bonds. The van der Waals surface area contributed by atoms with E-state index >= 15 is 0 Å². The first-order chi connectivity index (χ1) is 13.8. The molecule has 0 aromatic carbocycles. The van der Waals surface area contributed by atoms with E-state index in [-0.39, 0.29) is 11.7 Å². The van der Waals surface area contributed by atoms with Crippen molar-refractivity contribution in [3.8, 4) is 0 Å². The molecule has 8 N–H and O–H groups in total. The smallest absolute Gasteiger partial charge is 0.326 e. The quantitative estimate of drug-likeness (QED) is 0.164. The molecule has 0 spiro atoms. The van der Waals surface area contributed by atoms with Crippen LogP contribution < -0.4 is 27.4 Å². The van der Waals surface area contributed by atoms with Crippen molar-refractivity contribution in [1.82, 2.24) is 16.0 Å². The third-order valence-corrected chi connectivity index (χ3v) is 4.51.